The Morgan fingerprint density at radius 2 is 1.87 bits per heavy atom. The van der Waals surface area contributed by atoms with Crippen molar-refractivity contribution in [3.05, 3.63) is 53.8 Å². The summed E-state index contributed by atoms with van der Waals surface area (Å²) in [5.41, 5.74) is 26.8. The number of hydrogen-bond donors (Lipinski definition) is 5. The maximum atomic E-state index is 12.4. The Kier molecular flexibility index (Phi) is 5.64. The number of benzene rings is 1. The van der Waals surface area contributed by atoms with E-state index in [1.165, 1.54) is 12.4 Å². The van der Waals surface area contributed by atoms with Gasteiger partial charge >= 0.3 is 0 Å². The van der Waals surface area contributed by atoms with E-state index in [1.54, 1.807) is 41.1 Å². The largest absolute Gasteiger partial charge is 0.398 e. The van der Waals surface area contributed by atoms with Gasteiger partial charge in [0.15, 0.2) is 11.9 Å². The first-order valence-corrected chi connectivity index (χ1v) is 11.1. The Morgan fingerprint density at radius 3 is 2.65 bits per heavy atom. The van der Waals surface area contributed by atoms with Crippen molar-refractivity contribution in [2.75, 3.05) is 18.0 Å². The van der Waals surface area contributed by atoms with Crippen molar-refractivity contribution in [1.82, 2.24) is 19.3 Å². The second-order valence-electron chi connectivity index (χ2n) is 7.27. The number of nitrogen functional groups attached to an aromatic ring is 2. The van der Waals surface area contributed by atoms with Crippen LogP contribution < -0.4 is 27.7 Å². The lowest BCUT2D eigenvalue weighted by Gasteiger charge is -2.17. The lowest BCUT2D eigenvalue weighted by Crippen LogP contribution is -2.48. The van der Waals surface area contributed by atoms with Crippen molar-refractivity contribution in [3.8, 4) is 0 Å². The van der Waals surface area contributed by atoms with E-state index in [-0.39, 0.29) is 6.54 Å². The zero-order valence-corrected chi connectivity index (χ0v) is 17.3. The third-order valence-corrected chi connectivity index (χ3v) is 6.26. The third kappa shape index (κ3) is 4.24. The van der Waals surface area contributed by atoms with Gasteiger partial charge in [-0.15, -0.1) is 0 Å². The topological polar surface area (TPSA) is 190 Å². The standard InChI is InChI=1S/C19H24N8O3S/c20-12-4-2-1-3-11(12)6-8-31(28,29)26-9-14-15(22)16(23)19(30-14)27-10-25-17-13(21)5-7-24-18(17)27/h1-8,10,14-16,19,26H,9,20,22-23H2,(H2,21,24)/b8-6+/t14-,15-,16-,19-/m1/s1. The second kappa shape index (κ2) is 8.24. The van der Waals surface area contributed by atoms with E-state index < -0.39 is 34.4 Å². The van der Waals surface area contributed by atoms with Gasteiger partial charge in [-0.2, -0.15) is 0 Å². The van der Waals surface area contributed by atoms with Gasteiger partial charge in [0.2, 0.25) is 10.0 Å². The quantitative estimate of drug-likeness (QED) is 0.319. The van der Waals surface area contributed by atoms with Gasteiger partial charge in [0.05, 0.1) is 30.2 Å². The monoisotopic (exact) mass is 444 g/mol. The van der Waals surface area contributed by atoms with Crippen LogP contribution in [-0.2, 0) is 14.8 Å². The second-order valence-corrected chi connectivity index (χ2v) is 8.92. The van der Waals surface area contributed by atoms with Crippen LogP contribution in [0.15, 0.2) is 48.3 Å². The summed E-state index contributed by atoms with van der Waals surface area (Å²) in [5.74, 6) is 0. The van der Waals surface area contributed by atoms with Crippen molar-refractivity contribution in [1.29, 1.82) is 0 Å². The highest BCUT2D eigenvalue weighted by atomic mass is 32.2. The molecule has 3 aromatic rings. The molecule has 0 saturated carbocycles. The molecule has 3 heterocycles. The molecule has 9 N–H and O–H groups in total. The number of ether oxygens (including phenoxy) is 1. The molecule has 12 heteroatoms. The molecule has 1 aromatic carbocycles. The van der Waals surface area contributed by atoms with Gasteiger partial charge in [-0.3, -0.25) is 4.57 Å². The molecule has 1 fully saturated rings. The average Bonchev–Trinajstić information content (AvgIpc) is 3.29. The fraction of sp³-hybridized carbons (Fsp3) is 0.263. The van der Waals surface area contributed by atoms with Crippen molar-refractivity contribution < 1.29 is 13.2 Å². The van der Waals surface area contributed by atoms with Crippen LogP contribution in [0.4, 0.5) is 11.4 Å². The highest BCUT2D eigenvalue weighted by Gasteiger charge is 2.42. The summed E-state index contributed by atoms with van der Waals surface area (Å²) in [5, 5.41) is 1.05. The minimum atomic E-state index is -3.75. The van der Waals surface area contributed by atoms with Crippen molar-refractivity contribution in [2.24, 2.45) is 11.5 Å². The fourth-order valence-electron chi connectivity index (χ4n) is 3.45. The summed E-state index contributed by atoms with van der Waals surface area (Å²) < 4.78 is 34.9. The molecule has 4 atom stereocenters. The number of pyridine rings is 1. The molecule has 0 bridgehead atoms. The van der Waals surface area contributed by atoms with E-state index in [0.717, 1.165) is 5.41 Å². The lowest BCUT2D eigenvalue weighted by atomic mass is 10.1. The molecule has 0 spiro atoms. The zero-order chi connectivity index (χ0) is 22.2. The van der Waals surface area contributed by atoms with Crippen molar-refractivity contribution >= 4 is 38.6 Å². The van der Waals surface area contributed by atoms with Crippen LogP contribution in [0.2, 0.25) is 0 Å². The molecule has 164 valence electrons. The van der Waals surface area contributed by atoms with Gasteiger partial charge < -0.3 is 27.7 Å². The van der Waals surface area contributed by atoms with E-state index >= 15 is 0 Å². The minimum absolute atomic E-state index is 0.0511. The Bertz CT molecular complexity index is 1230. The Labute approximate surface area is 179 Å². The van der Waals surface area contributed by atoms with Gasteiger partial charge in [0, 0.05) is 23.8 Å². The molecular weight excluding hydrogens is 420 g/mol. The molecule has 1 saturated heterocycles. The number of para-hydroxylation sites is 1. The first-order valence-electron chi connectivity index (χ1n) is 9.53. The number of fused-ring (bicyclic) bond motifs is 1. The number of anilines is 2. The summed E-state index contributed by atoms with van der Waals surface area (Å²) in [6, 6.07) is 7.38. The molecule has 0 unspecified atom stereocenters. The van der Waals surface area contributed by atoms with E-state index in [4.69, 9.17) is 27.7 Å². The molecule has 2 aromatic heterocycles. The van der Waals surface area contributed by atoms with Crippen molar-refractivity contribution in [3.63, 3.8) is 0 Å². The number of sulfonamides is 1. The summed E-state index contributed by atoms with van der Waals surface area (Å²) in [4.78, 5) is 8.55. The molecule has 0 radical (unpaired) electrons. The van der Waals surface area contributed by atoms with Crippen LogP contribution in [0.25, 0.3) is 17.2 Å². The zero-order valence-electron chi connectivity index (χ0n) is 16.5. The number of nitrogens with zero attached hydrogens (tertiary/aromatic N) is 3. The van der Waals surface area contributed by atoms with Gasteiger partial charge in [-0.05, 0) is 23.8 Å². The molecule has 31 heavy (non-hydrogen) atoms. The molecular formula is C19H24N8O3S. The van der Waals surface area contributed by atoms with E-state index in [2.05, 4.69) is 14.7 Å². The van der Waals surface area contributed by atoms with Crippen LogP contribution in [0, 0.1) is 0 Å². The van der Waals surface area contributed by atoms with E-state index in [9.17, 15) is 8.42 Å². The predicted molar refractivity (Wildman–Crippen MR) is 119 cm³/mol. The fourth-order valence-corrected chi connectivity index (χ4v) is 4.26. The summed E-state index contributed by atoms with van der Waals surface area (Å²) in [6.45, 7) is -0.0511. The van der Waals surface area contributed by atoms with Crippen LogP contribution in [0.3, 0.4) is 0 Å². The molecule has 0 amide bonds. The Morgan fingerprint density at radius 1 is 1.10 bits per heavy atom. The number of aromatic nitrogens is 3. The lowest BCUT2D eigenvalue weighted by molar-refractivity contribution is 0.000842. The highest BCUT2D eigenvalue weighted by molar-refractivity contribution is 7.92. The normalized spacial score (nSPS) is 24.3. The van der Waals surface area contributed by atoms with Crippen LogP contribution in [-0.4, -0.2) is 47.7 Å². The van der Waals surface area contributed by atoms with Gasteiger partial charge in [0.1, 0.15) is 5.52 Å². The molecule has 4 rings (SSSR count). The average molecular weight is 445 g/mol. The molecule has 1 aliphatic rings. The number of nitrogens with one attached hydrogen (secondary N) is 1. The molecule has 0 aliphatic carbocycles. The first kappa shape index (κ1) is 21.2. The maximum Gasteiger partial charge on any atom is 0.233 e. The number of imidazole rings is 1. The predicted octanol–water partition coefficient (Wildman–Crippen LogP) is -0.262. The van der Waals surface area contributed by atoms with Crippen LogP contribution >= 0.6 is 0 Å². The first-order chi connectivity index (χ1) is 14.8. The van der Waals surface area contributed by atoms with E-state index in [1.807, 2.05) is 0 Å². The third-order valence-electron chi connectivity index (χ3n) is 5.19. The van der Waals surface area contributed by atoms with Crippen LogP contribution in [0.5, 0.6) is 0 Å². The van der Waals surface area contributed by atoms with Gasteiger partial charge in [-0.25, -0.2) is 23.1 Å². The minimum Gasteiger partial charge on any atom is -0.398 e. The number of nitrogens with two attached hydrogens (primary N) is 4. The SMILES string of the molecule is Nc1ccccc1/C=C/S(=O)(=O)NC[C@H]1O[C@@H](n2cnc3c(N)ccnc32)[C@H](N)[C@@H]1N. The maximum absolute atomic E-state index is 12.4. The van der Waals surface area contributed by atoms with E-state index in [0.29, 0.717) is 28.1 Å². The van der Waals surface area contributed by atoms with Crippen molar-refractivity contribution in [2.45, 2.75) is 24.4 Å². The molecule has 1 aliphatic heterocycles. The van der Waals surface area contributed by atoms with Crippen LogP contribution in [0.1, 0.15) is 11.8 Å². The summed E-state index contributed by atoms with van der Waals surface area (Å²) in [7, 11) is -3.75. The van der Waals surface area contributed by atoms with Gasteiger partial charge in [-0.1, -0.05) is 18.2 Å². The molecule has 11 nitrogen and oxygen atoms in total. The smallest absolute Gasteiger partial charge is 0.233 e. The van der Waals surface area contributed by atoms with Gasteiger partial charge in [0.25, 0.3) is 0 Å². The summed E-state index contributed by atoms with van der Waals surface area (Å²) in [6.07, 6.45) is 3.21. The number of rotatable bonds is 6. The Balaban J connectivity index is 1.46. The highest BCUT2D eigenvalue weighted by Crippen LogP contribution is 2.30. The summed E-state index contributed by atoms with van der Waals surface area (Å²) >= 11 is 0. The Hall–Kier alpha value is -3.03. The number of hydrogen-bond acceptors (Lipinski definition) is 9.